The molecule has 6 heteroatoms. The zero-order valence-corrected chi connectivity index (χ0v) is 20.4. The third kappa shape index (κ3) is 4.43. The molecular formula is C29H31NO5. The molecule has 0 saturated heterocycles. The molecule has 2 aromatic rings. The van der Waals surface area contributed by atoms with Crippen molar-refractivity contribution in [3.05, 3.63) is 72.3 Å². The average molecular weight is 474 g/mol. The van der Waals surface area contributed by atoms with Crippen molar-refractivity contribution in [2.24, 2.45) is 16.7 Å². The average Bonchev–Trinajstić information content (AvgIpc) is 3.06. The van der Waals surface area contributed by atoms with Crippen LogP contribution in [0.1, 0.15) is 57.9 Å². The summed E-state index contributed by atoms with van der Waals surface area (Å²) in [6.07, 6.45) is 6.68. The Balaban J connectivity index is 1.60. The Morgan fingerprint density at radius 3 is 2.34 bits per heavy atom. The van der Waals surface area contributed by atoms with Gasteiger partial charge in [-0.15, -0.1) is 0 Å². The number of nitriles is 1. The predicted octanol–water partition coefficient (Wildman–Crippen LogP) is 6.25. The van der Waals surface area contributed by atoms with Gasteiger partial charge in [-0.05, 0) is 67.9 Å². The molecule has 0 heterocycles. The number of esters is 1. The maximum Gasteiger partial charge on any atom is 0.330 e. The zero-order valence-electron chi connectivity index (χ0n) is 20.4. The molecule has 35 heavy (non-hydrogen) atoms. The van der Waals surface area contributed by atoms with E-state index in [1.54, 1.807) is 30.3 Å². The fourth-order valence-corrected chi connectivity index (χ4v) is 5.81. The monoisotopic (exact) mass is 473 g/mol. The van der Waals surface area contributed by atoms with Crippen LogP contribution in [0, 0.1) is 28.1 Å². The molecule has 3 atom stereocenters. The van der Waals surface area contributed by atoms with E-state index in [-0.39, 0.29) is 0 Å². The van der Waals surface area contributed by atoms with E-state index in [4.69, 9.17) is 9.47 Å². The first-order chi connectivity index (χ1) is 16.6. The first kappa shape index (κ1) is 24.5. The van der Waals surface area contributed by atoms with Crippen LogP contribution in [-0.4, -0.2) is 22.6 Å². The van der Waals surface area contributed by atoms with Crippen molar-refractivity contribution in [3.63, 3.8) is 0 Å². The summed E-state index contributed by atoms with van der Waals surface area (Å²) in [5.41, 5.74) is -2.03. The van der Waals surface area contributed by atoms with Crippen LogP contribution in [0.25, 0.3) is 0 Å². The van der Waals surface area contributed by atoms with Crippen molar-refractivity contribution < 1.29 is 24.2 Å². The van der Waals surface area contributed by atoms with E-state index in [9.17, 15) is 20.0 Å². The third-order valence-electron chi connectivity index (χ3n) is 7.79. The maximum atomic E-state index is 12.7. The van der Waals surface area contributed by atoms with Crippen LogP contribution in [-0.2, 0) is 14.3 Å². The Hall–Kier alpha value is -3.59. The summed E-state index contributed by atoms with van der Waals surface area (Å²) >= 11 is 0. The third-order valence-corrected chi connectivity index (χ3v) is 7.79. The number of allylic oxidation sites excluding steroid dienone is 1. The smallest absolute Gasteiger partial charge is 0.330 e. The topological polar surface area (TPSA) is 96.6 Å². The SMILES string of the molecule is CC1(OC(=O)C=C[C@H]2C(C)(C)[C@]2(C(=O)O)C(C#N)c2cccc(Oc3ccccc3)c2)CCCC1. The Kier molecular flexibility index (Phi) is 6.46. The Morgan fingerprint density at radius 2 is 1.71 bits per heavy atom. The number of hydrogen-bond acceptors (Lipinski definition) is 5. The number of carbonyl (C=O) groups is 2. The van der Waals surface area contributed by atoms with E-state index in [2.05, 4.69) is 6.07 Å². The van der Waals surface area contributed by atoms with Crippen molar-refractivity contribution in [3.8, 4) is 17.6 Å². The predicted molar refractivity (Wildman–Crippen MR) is 131 cm³/mol. The van der Waals surface area contributed by atoms with E-state index in [0.29, 0.717) is 17.1 Å². The number of para-hydroxylation sites is 1. The summed E-state index contributed by atoms with van der Waals surface area (Å²) in [5, 5.41) is 20.5. The van der Waals surface area contributed by atoms with Gasteiger partial charge < -0.3 is 14.6 Å². The fourth-order valence-electron chi connectivity index (χ4n) is 5.81. The number of carbonyl (C=O) groups excluding carboxylic acids is 1. The van der Waals surface area contributed by atoms with Gasteiger partial charge in [0.25, 0.3) is 0 Å². The van der Waals surface area contributed by atoms with Crippen LogP contribution in [0.5, 0.6) is 11.5 Å². The second kappa shape index (κ2) is 9.22. The molecule has 0 bridgehead atoms. The molecule has 0 radical (unpaired) electrons. The molecule has 2 saturated carbocycles. The fraction of sp³-hybridized carbons (Fsp3) is 0.414. The van der Waals surface area contributed by atoms with E-state index in [0.717, 1.165) is 25.7 Å². The van der Waals surface area contributed by atoms with Gasteiger partial charge in [0, 0.05) is 12.0 Å². The summed E-state index contributed by atoms with van der Waals surface area (Å²) in [7, 11) is 0. The van der Waals surface area contributed by atoms with E-state index in [1.807, 2.05) is 51.1 Å². The normalized spacial score (nSPS) is 24.9. The number of hydrogen-bond donors (Lipinski definition) is 1. The van der Waals surface area contributed by atoms with Crippen LogP contribution in [0.3, 0.4) is 0 Å². The molecule has 0 aliphatic heterocycles. The highest BCUT2D eigenvalue weighted by Crippen LogP contribution is 2.75. The molecule has 2 fully saturated rings. The highest BCUT2D eigenvalue weighted by atomic mass is 16.6. The minimum Gasteiger partial charge on any atom is -0.481 e. The lowest BCUT2D eigenvalue weighted by atomic mass is 9.78. The summed E-state index contributed by atoms with van der Waals surface area (Å²) in [6, 6.07) is 18.5. The molecule has 6 nitrogen and oxygen atoms in total. The highest BCUT2D eigenvalue weighted by molar-refractivity contribution is 5.86. The van der Waals surface area contributed by atoms with Crippen molar-refractivity contribution in [2.75, 3.05) is 0 Å². The van der Waals surface area contributed by atoms with Gasteiger partial charge in [-0.1, -0.05) is 50.3 Å². The minimum atomic E-state index is -1.39. The summed E-state index contributed by atoms with van der Waals surface area (Å²) < 4.78 is 11.6. The molecule has 0 spiro atoms. The molecule has 182 valence electrons. The Bertz CT molecular complexity index is 1170. The van der Waals surface area contributed by atoms with Gasteiger partial charge in [0.1, 0.15) is 22.5 Å². The number of rotatable bonds is 8. The largest absolute Gasteiger partial charge is 0.481 e. The molecule has 2 aliphatic rings. The van der Waals surface area contributed by atoms with Crippen LogP contribution in [0.15, 0.2) is 66.7 Å². The van der Waals surface area contributed by atoms with Gasteiger partial charge in [0.05, 0.1) is 12.0 Å². The molecule has 2 aromatic carbocycles. The lowest BCUT2D eigenvalue weighted by Gasteiger charge is -2.23. The van der Waals surface area contributed by atoms with Gasteiger partial charge in [-0.2, -0.15) is 5.26 Å². The number of benzene rings is 2. The molecule has 1 N–H and O–H groups in total. The number of carboxylic acid groups (broad SMARTS) is 1. The van der Waals surface area contributed by atoms with Crippen molar-refractivity contribution in [1.82, 2.24) is 0 Å². The van der Waals surface area contributed by atoms with Crippen LogP contribution < -0.4 is 4.74 Å². The second-order valence-corrected chi connectivity index (χ2v) is 10.4. The van der Waals surface area contributed by atoms with E-state index < -0.39 is 40.2 Å². The Labute approximate surface area is 206 Å². The molecule has 4 rings (SSSR count). The van der Waals surface area contributed by atoms with Crippen LogP contribution >= 0.6 is 0 Å². The van der Waals surface area contributed by atoms with Gasteiger partial charge in [0.2, 0.25) is 0 Å². The standard InChI is InChI=1S/C29H31NO5/c1-27(2)24(14-15-25(31)35-28(3)16-7-8-17-28)29(27,26(32)33)23(19-30)20-10-9-13-22(18-20)34-21-11-5-4-6-12-21/h4-6,9-15,18,23-24H,7-8,16-17H2,1-3H3,(H,32,33)/t23?,24-,29+/m0/s1. The lowest BCUT2D eigenvalue weighted by Crippen LogP contribution is -2.29. The summed E-state index contributed by atoms with van der Waals surface area (Å²) in [5.74, 6) is -1.81. The minimum absolute atomic E-state index is 0.460. The van der Waals surface area contributed by atoms with E-state index >= 15 is 0 Å². The highest BCUT2D eigenvalue weighted by Gasteiger charge is 2.78. The number of ether oxygens (including phenoxy) is 2. The summed E-state index contributed by atoms with van der Waals surface area (Å²) in [6.45, 7) is 5.59. The summed E-state index contributed by atoms with van der Waals surface area (Å²) in [4.78, 5) is 25.2. The van der Waals surface area contributed by atoms with Crippen LogP contribution in [0.4, 0.5) is 0 Å². The second-order valence-electron chi connectivity index (χ2n) is 10.4. The maximum absolute atomic E-state index is 12.7. The first-order valence-corrected chi connectivity index (χ1v) is 12.0. The first-order valence-electron chi connectivity index (χ1n) is 12.0. The van der Waals surface area contributed by atoms with Gasteiger partial charge in [-0.3, -0.25) is 4.79 Å². The lowest BCUT2D eigenvalue weighted by molar-refractivity contribution is -0.151. The molecule has 1 unspecified atom stereocenters. The molecule has 0 amide bonds. The Morgan fingerprint density at radius 1 is 1.06 bits per heavy atom. The van der Waals surface area contributed by atoms with Gasteiger partial charge in [0.15, 0.2) is 0 Å². The van der Waals surface area contributed by atoms with Crippen molar-refractivity contribution in [2.45, 2.75) is 58.0 Å². The van der Waals surface area contributed by atoms with Crippen molar-refractivity contribution >= 4 is 11.9 Å². The van der Waals surface area contributed by atoms with Crippen molar-refractivity contribution in [1.29, 1.82) is 5.26 Å². The number of nitrogens with zero attached hydrogens (tertiary/aromatic N) is 1. The number of aliphatic carboxylic acids is 1. The molecular weight excluding hydrogens is 442 g/mol. The van der Waals surface area contributed by atoms with E-state index in [1.165, 1.54) is 6.08 Å². The quantitative estimate of drug-likeness (QED) is 0.360. The van der Waals surface area contributed by atoms with Gasteiger partial charge in [-0.25, -0.2) is 4.79 Å². The van der Waals surface area contributed by atoms with Gasteiger partial charge >= 0.3 is 11.9 Å². The molecule has 2 aliphatic carbocycles. The zero-order chi connectivity index (χ0) is 25.3. The van der Waals surface area contributed by atoms with Crippen LogP contribution in [0.2, 0.25) is 0 Å². The number of carboxylic acids is 1. The molecule has 0 aromatic heterocycles.